The number of nitrogens with zero attached hydrogens (tertiary/aromatic N) is 2. The highest BCUT2D eigenvalue weighted by molar-refractivity contribution is 6.09. The maximum atomic E-state index is 10.9. The number of phenols is 1. The molecule has 4 nitrogen and oxygen atoms in total. The summed E-state index contributed by atoms with van der Waals surface area (Å²) in [5.41, 5.74) is 2.59. The lowest BCUT2D eigenvalue weighted by molar-refractivity contribution is 0.111. The van der Waals surface area contributed by atoms with Crippen molar-refractivity contribution in [2.75, 3.05) is 0 Å². The number of rotatable bonds is 1. The lowest BCUT2D eigenvalue weighted by Gasteiger charge is -2.02. The summed E-state index contributed by atoms with van der Waals surface area (Å²) in [6.07, 6.45) is 0.853. The number of hydrogen-bond donors (Lipinski definition) is 1. The molecular formula is C13H12N2O2. The van der Waals surface area contributed by atoms with Crippen LogP contribution in [-0.2, 0) is 14.1 Å². The number of carbonyl (C=O) groups is 1. The molecule has 0 aliphatic carbocycles. The first kappa shape index (κ1) is 9.96. The van der Waals surface area contributed by atoms with Gasteiger partial charge in [0.15, 0.2) is 6.29 Å². The molecule has 0 atom stereocenters. The molecular weight excluding hydrogens is 216 g/mol. The zero-order valence-corrected chi connectivity index (χ0v) is 9.64. The summed E-state index contributed by atoms with van der Waals surface area (Å²) < 4.78 is 3.84. The van der Waals surface area contributed by atoms with Gasteiger partial charge in [0, 0.05) is 30.9 Å². The van der Waals surface area contributed by atoms with Crippen LogP contribution in [0.5, 0.6) is 5.75 Å². The average Bonchev–Trinajstić information content (AvgIpc) is 2.77. The lowest BCUT2D eigenvalue weighted by Crippen LogP contribution is -1.99. The molecule has 86 valence electrons. The molecule has 2 heterocycles. The molecule has 0 spiro atoms. The van der Waals surface area contributed by atoms with Crippen molar-refractivity contribution < 1.29 is 9.90 Å². The zero-order chi connectivity index (χ0) is 12.2. The molecule has 0 aliphatic rings. The van der Waals surface area contributed by atoms with E-state index in [0.717, 1.165) is 28.2 Å². The molecule has 0 radical (unpaired) electrons. The maximum absolute atomic E-state index is 10.9. The number of fused-ring (bicyclic) bond motifs is 3. The van der Waals surface area contributed by atoms with Crippen molar-refractivity contribution >= 4 is 28.2 Å². The third-order valence-corrected chi connectivity index (χ3v) is 3.31. The SMILES string of the molecule is Cn1c(C=O)cc2c3ccc(O)cc3n(C)c21. The van der Waals surface area contributed by atoms with Crippen molar-refractivity contribution in [2.24, 2.45) is 14.1 Å². The molecule has 0 unspecified atom stereocenters. The Labute approximate surface area is 97.7 Å². The summed E-state index contributed by atoms with van der Waals surface area (Å²) in [6, 6.07) is 7.15. The summed E-state index contributed by atoms with van der Waals surface area (Å²) in [5.74, 6) is 0.249. The monoisotopic (exact) mass is 228 g/mol. The summed E-state index contributed by atoms with van der Waals surface area (Å²) in [7, 11) is 3.80. The van der Waals surface area contributed by atoms with Gasteiger partial charge in [0.1, 0.15) is 11.4 Å². The number of carbonyl (C=O) groups excluding carboxylic acids is 1. The fourth-order valence-corrected chi connectivity index (χ4v) is 2.47. The first-order valence-electron chi connectivity index (χ1n) is 5.35. The molecule has 0 amide bonds. The molecule has 0 bridgehead atoms. The van der Waals surface area contributed by atoms with E-state index >= 15 is 0 Å². The maximum Gasteiger partial charge on any atom is 0.166 e. The minimum atomic E-state index is 0.249. The van der Waals surface area contributed by atoms with E-state index in [1.54, 1.807) is 12.1 Å². The van der Waals surface area contributed by atoms with Crippen LogP contribution < -0.4 is 0 Å². The van der Waals surface area contributed by atoms with Crippen LogP contribution in [0.2, 0.25) is 0 Å². The van der Waals surface area contributed by atoms with Gasteiger partial charge in [-0.15, -0.1) is 0 Å². The zero-order valence-electron chi connectivity index (χ0n) is 9.64. The van der Waals surface area contributed by atoms with Crippen molar-refractivity contribution in [1.29, 1.82) is 0 Å². The number of phenolic OH excluding ortho intramolecular Hbond substituents is 1. The summed E-state index contributed by atoms with van der Waals surface area (Å²) in [4.78, 5) is 10.9. The first-order chi connectivity index (χ1) is 8.13. The third-order valence-electron chi connectivity index (χ3n) is 3.31. The molecule has 0 aliphatic heterocycles. The Bertz CT molecular complexity index is 750. The minimum absolute atomic E-state index is 0.249. The van der Waals surface area contributed by atoms with Gasteiger partial charge in [-0.05, 0) is 18.2 Å². The fraction of sp³-hybridized carbons (Fsp3) is 0.154. The first-order valence-corrected chi connectivity index (χ1v) is 5.35. The number of aromatic nitrogens is 2. The van der Waals surface area contributed by atoms with Crippen LogP contribution in [0.15, 0.2) is 24.3 Å². The Morgan fingerprint density at radius 3 is 2.59 bits per heavy atom. The fourth-order valence-electron chi connectivity index (χ4n) is 2.47. The second-order valence-electron chi connectivity index (χ2n) is 4.24. The molecule has 2 aromatic heterocycles. The topological polar surface area (TPSA) is 47.2 Å². The summed E-state index contributed by atoms with van der Waals surface area (Å²) >= 11 is 0. The number of aryl methyl sites for hydroxylation is 2. The highest BCUT2D eigenvalue weighted by Crippen LogP contribution is 2.31. The van der Waals surface area contributed by atoms with Crippen molar-refractivity contribution in [1.82, 2.24) is 9.13 Å². The second-order valence-corrected chi connectivity index (χ2v) is 4.24. The third kappa shape index (κ3) is 1.15. The van der Waals surface area contributed by atoms with E-state index in [-0.39, 0.29) is 5.75 Å². The Morgan fingerprint density at radius 2 is 1.88 bits per heavy atom. The Morgan fingerprint density at radius 1 is 1.12 bits per heavy atom. The molecule has 1 N–H and O–H groups in total. The number of aromatic hydroxyl groups is 1. The van der Waals surface area contributed by atoms with E-state index in [2.05, 4.69) is 0 Å². The molecule has 4 heteroatoms. The normalized spacial score (nSPS) is 11.4. The molecule has 3 rings (SSSR count). The minimum Gasteiger partial charge on any atom is -0.508 e. The van der Waals surface area contributed by atoms with Crippen molar-refractivity contribution in [3.63, 3.8) is 0 Å². The average molecular weight is 228 g/mol. The van der Waals surface area contributed by atoms with Crippen molar-refractivity contribution in [3.05, 3.63) is 30.0 Å². The molecule has 3 aromatic rings. The standard InChI is InChI=1S/C13H12N2O2/c1-14-8(7-16)5-11-10-4-3-9(17)6-12(10)15(2)13(11)14/h3-7,17H,1-2H3. The van der Waals surface area contributed by atoms with Crippen molar-refractivity contribution in [3.8, 4) is 5.75 Å². The highest BCUT2D eigenvalue weighted by Gasteiger charge is 2.14. The molecule has 0 saturated heterocycles. The van der Waals surface area contributed by atoms with Gasteiger partial charge >= 0.3 is 0 Å². The van der Waals surface area contributed by atoms with Gasteiger partial charge in [-0.1, -0.05) is 0 Å². The van der Waals surface area contributed by atoms with E-state index in [1.165, 1.54) is 0 Å². The predicted molar refractivity (Wildman–Crippen MR) is 66.4 cm³/mol. The smallest absolute Gasteiger partial charge is 0.166 e. The highest BCUT2D eigenvalue weighted by atomic mass is 16.3. The molecule has 0 saturated carbocycles. The largest absolute Gasteiger partial charge is 0.508 e. The predicted octanol–water partition coefficient (Wildman–Crippen LogP) is 2.19. The van der Waals surface area contributed by atoms with Crippen LogP contribution in [0, 0.1) is 0 Å². The van der Waals surface area contributed by atoms with Gasteiger partial charge in [0.25, 0.3) is 0 Å². The Hall–Kier alpha value is -2.23. The second kappa shape index (κ2) is 3.13. The van der Waals surface area contributed by atoms with Gasteiger partial charge in [-0.3, -0.25) is 4.79 Å². The van der Waals surface area contributed by atoms with Crippen LogP contribution in [-0.4, -0.2) is 20.5 Å². The van der Waals surface area contributed by atoms with Gasteiger partial charge in [-0.2, -0.15) is 0 Å². The van der Waals surface area contributed by atoms with Gasteiger partial charge in [-0.25, -0.2) is 0 Å². The Balaban J connectivity index is 2.57. The number of aldehydes is 1. The van der Waals surface area contributed by atoms with Crippen LogP contribution in [0.3, 0.4) is 0 Å². The van der Waals surface area contributed by atoms with Crippen LogP contribution in [0.1, 0.15) is 10.5 Å². The van der Waals surface area contributed by atoms with E-state index in [4.69, 9.17) is 0 Å². The van der Waals surface area contributed by atoms with Crippen molar-refractivity contribution in [2.45, 2.75) is 0 Å². The summed E-state index contributed by atoms with van der Waals surface area (Å²) in [5, 5.41) is 11.6. The molecule has 1 aromatic carbocycles. The van der Waals surface area contributed by atoms with E-state index in [9.17, 15) is 9.90 Å². The van der Waals surface area contributed by atoms with Crippen LogP contribution in [0.25, 0.3) is 21.9 Å². The Kier molecular flexibility index (Phi) is 1.84. The van der Waals surface area contributed by atoms with E-state index in [0.29, 0.717) is 5.69 Å². The van der Waals surface area contributed by atoms with Gasteiger partial charge < -0.3 is 14.2 Å². The van der Waals surface area contributed by atoms with Gasteiger partial charge in [0.05, 0.1) is 11.2 Å². The number of benzene rings is 1. The lowest BCUT2D eigenvalue weighted by atomic mass is 10.2. The molecule has 17 heavy (non-hydrogen) atoms. The van der Waals surface area contributed by atoms with E-state index in [1.807, 2.05) is 35.4 Å². The van der Waals surface area contributed by atoms with Gasteiger partial charge in [0.2, 0.25) is 0 Å². The quantitative estimate of drug-likeness (QED) is 0.649. The van der Waals surface area contributed by atoms with Crippen LogP contribution in [0.4, 0.5) is 0 Å². The summed E-state index contributed by atoms with van der Waals surface area (Å²) in [6.45, 7) is 0. The van der Waals surface area contributed by atoms with E-state index < -0.39 is 0 Å². The number of hydrogen-bond acceptors (Lipinski definition) is 2. The molecule has 0 fully saturated rings. The van der Waals surface area contributed by atoms with Crippen LogP contribution >= 0.6 is 0 Å².